The summed E-state index contributed by atoms with van der Waals surface area (Å²) in [7, 11) is 0. The lowest BCUT2D eigenvalue weighted by Gasteiger charge is -2.14. The summed E-state index contributed by atoms with van der Waals surface area (Å²) >= 11 is 0. The van der Waals surface area contributed by atoms with Crippen molar-refractivity contribution in [2.45, 2.75) is 20.0 Å². The van der Waals surface area contributed by atoms with Gasteiger partial charge in [-0.15, -0.1) is 0 Å². The Bertz CT molecular complexity index is 306. The van der Waals surface area contributed by atoms with Crippen LogP contribution in [0.5, 0.6) is 0 Å². The summed E-state index contributed by atoms with van der Waals surface area (Å²) in [6.07, 6.45) is -0.464. The van der Waals surface area contributed by atoms with Crippen LogP contribution in [0.1, 0.15) is 24.2 Å². The molecule has 0 radical (unpaired) electrons. The van der Waals surface area contributed by atoms with E-state index in [-0.39, 0.29) is 18.5 Å². The molecule has 0 heterocycles. The Morgan fingerprint density at radius 1 is 1.33 bits per heavy atom. The van der Waals surface area contributed by atoms with Gasteiger partial charge in [0.1, 0.15) is 0 Å². The van der Waals surface area contributed by atoms with Crippen molar-refractivity contribution in [1.29, 1.82) is 0 Å². The second kappa shape index (κ2) is 5.51. The lowest BCUT2D eigenvalue weighted by atomic mass is 10.1. The largest absolute Gasteiger partial charge is 0.462 e. The highest BCUT2D eigenvalue weighted by atomic mass is 16.5. The molecule has 0 aliphatic rings. The number of benzene rings is 1. The Morgan fingerprint density at radius 3 is 2.47 bits per heavy atom. The van der Waals surface area contributed by atoms with E-state index in [1.165, 1.54) is 0 Å². The molecule has 0 aliphatic heterocycles. The molecule has 3 heteroatoms. The molecule has 2 unspecified atom stereocenters. The Kier molecular flexibility index (Phi) is 4.31. The fourth-order valence-corrected chi connectivity index (χ4v) is 1.00. The maximum absolute atomic E-state index is 11.5. The third-order valence-electron chi connectivity index (χ3n) is 2.31. The minimum atomic E-state index is -0.464. The van der Waals surface area contributed by atoms with Gasteiger partial charge in [0.2, 0.25) is 0 Å². The Hall–Kier alpha value is -1.35. The Balaban J connectivity index is 2.44. The summed E-state index contributed by atoms with van der Waals surface area (Å²) < 4.78 is 5.05. The minimum Gasteiger partial charge on any atom is -0.462 e. The third kappa shape index (κ3) is 3.72. The highest BCUT2D eigenvalue weighted by Crippen LogP contribution is 2.06. The van der Waals surface area contributed by atoms with Gasteiger partial charge < -0.3 is 9.84 Å². The molecule has 0 spiro atoms. The molecule has 3 nitrogen and oxygen atoms in total. The van der Waals surface area contributed by atoms with Gasteiger partial charge in [0.15, 0.2) is 0 Å². The quantitative estimate of drug-likeness (QED) is 0.768. The highest BCUT2D eigenvalue weighted by molar-refractivity contribution is 5.89. The summed E-state index contributed by atoms with van der Waals surface area (Å²) in [4.78, 5) is 11.5. The van der Waals surface area contributed by atoms with Gasteiger partial charge in [-0.3, -0.25) is 0 Å². The van der Waals surface area contributed by atoms with Gasteiger partial charge >= 0.3 is 5.97 Å². The van der Waals surface area contributed by atoms with E-state index in [1.54, 1.807) is 31.2 Å². The van der Waals surface area contributed by atoms with Crippen molar-refractivity contribution in [2.24, 2.45) is 5.92 Å². The molecule has 0 aromatic heterocycles. The monoisotopic (exact) mass is 208 g/mol. The predicted molar refractivity (Wildman–Crippen MR) is 57.6 cm³/mol. The van der Waals surface area contributed by atoms with E-state index in [2.05, 4.69) is 0 Å². The molecule has 1 rings (SSSR count). The lowest BCUT2D eigenvalue weighted by Crippen LogP contribution is -2.21. The molecule has 0 aliphatic carbocycles. The van der Waals surface area contributed by atoms with Gasteiger partial charge in [-0.05, 0) is 19.1 Å². The normalized spacial score (nSPS) is 14.3. The van der Waals surface area contributed by atoms with Crippen molar-refractivity contribution in [3.05, 3.63) is 35.9 Å². The molecule has 1 N–H and O–H groups in total. The average molecular weight is 208 g/mol. The first-order valence-corrected chi connectivity index (χ1v) is 5.01. The zero-order valence-electron chi connectivity index (χ0n) is 9.01. The Labute approximate surface area is 89.7 Å². The van der Waals surface area contributed by atoms with Crippen molar-refractivity contribution in [3.63, 3.8) is 0 Å². The van der Waals surface area contributed by atoms with E-state index < -0.39 is 6.10 Å². The van der Waals surface area contributed by atoms with E-state index in [1.807, 2.05) is 13.0 Å². The number of hydrogen-bond donors (Lipinski definition) is 1. The van der Waals surface area contributed by atoms with E-state index in [9.17, 15) is 9.90 Å². The fourth-order valence-electron chi connectivity index (χ4n) is 1.00. The van der Waals surface area contributed by atoms with Crippen LogP contribution in [-0.4, -0.2) is 23.8 Å². The molecular formula is C12H16O3. The number of hydrogen-bond acceptors (Lipinski definition) is 3. The predicted octanol–water partition coefficient (Wildman–Crippen LogP) is 1.86. The molecule has 0 bridgehead atoms. The number of rotatable bonds is 4. The summed E-state index contributed by atoms with van der Waals surface area (Å²) in [5, 5.41) is 9.21. The van der Waals surface area contributed by atoms with Crippen molar-refractivity contribution in [1.82, 2.24) is 0 Å². The van der Waals surface area contributed by atoms with E-state index in [0.717, 1.165) is 0 Å². The van der Waals surface area contributed by atoms with Gasteiger partial charge in [0.25, 0.3) is 0 Å². The van der Waals surface area contributed by atoms with E-state index in [0.29, 0.717) is 5.56 Å². The van der Waals surface area contributed by atoms with Crippen molar-refractivity contribution in [3.8, 4) is 0 Å². The van der Waals surface area contributed by atoms with E-state index >= 15 is 0 Å². The first-order valence-electron chi connectivity index (χ1n) is 5.01. The van der Waals surface area contributed by atoms with Crippen LogP contribution in [0, 0.1) is 5.92 Å². The molecular weight excluding hydrogens is 192 g/mol. The van der Waals surface area contributed by atoms with Crippen LogP contribution < -0.4 is 0 Å². The molecule has 82 valence electrons. The van der Waals surface area contributed by atoms with Crippen LogP contribution in [0.4, 0.5) is 0 Å². The number of carbonyl (C=O) groups is 1. The average Bonchev–Trinajstić information content (AvgIpc) is 2.26. The lowest BCUT2D eigenvalue weighted by molar-refractivity contribution is 0.0303. The molecule has 0 fully saturated rings. The van der Waals surface area contributed by atoms with Crippen LogP contribution >= 0.6 is 0 Å². The second-order valence-corrected chi connectivity index (χ2v) is 3.68. The van der Waals surface area contributed by atoms with Crippen molar-refractivity contribution >= 4 is 5.97 Å². The van der Waals surface area contributed by atoms with Crippen molar-refractivity contribution in [2.75, 3.05) is 6.61 Å². The van der Waals surface area contributed by atoms with Gasteiger partial charge in [0.05, 0.1) is 18.3 Å². The van der Waals surface area contributed by atoms with Gasteiger partial charge in [0, 0.05) is 5.92 Å². The highest BCUT2D eigenvalue weighted by Gasteiger charge is 2.12. The summed E-state index contributed by atoms with van der Waals surface area (Å²) in [5.41, 5.74) is 0.537. The summed E-state index contributed by atoms with van der Waals surface area (Å²) in [6, 6.07) is 8.82. The van der Waals surface area contributed by atoms with Crippen molar-refractivity contribution < 1.29 is 14.6 Å². The fraction of sp³-hybridized carbons (Fsp3) is 0.417. The number of aliphatic hydroxyl groups excluding tert-OH is 1. The second-order valence-electron chi connectivity index (χ2n) is 3.68. The smallest absolute Gasteiger partial charge is 0.338 e. The first kappa shape index (κ1) is 11.7. The molecule has 0 saturated heterocycles. The van der Waals surface area contributed by atoms with Gasteiger partial charge in [-0.2, -0.15) is 0 Å². The summed E-state index contributed by atoms with van der Waals surface area (Å²) in [5.74, 6) is -0.388. The SMILES string of the molecule is CC(O)C(C)COC(=O)c1ccccc1. The maximum atomic E-state index is 11.5. The van der Waals surface area contributed by atoms with Gasteiger partial charge in [-0.1, -0.05) is 25.1 Å². The third-order valence-corrected chi connectivity index (χ3v) is 2.31. The number of esters is 1. The standard InChI is InChI=1S/C12H16O3/c1-9(10(2)13)8-15-12(14)11-6-4-3-5-7-11/h3-7,9-10,13H,8H2,1-2H3. The molecule has 0 saturated carbocycles. The zero-order valence-corrected chi connectivity index (χ0v) is 9.01. The van der Waals surface area contributed by atoms with Crippen LogP contribution in [0.15, 0.2) is 30.3 Å². The zero-order chi connectivity index (χ0) is 11.3. The maximum Gasteiger partial charge on any atom is 0.338 e. The molecule has 2 atom stereocenters. The number of aliphatic hydroxyl groups is 1. The molecule has 0 amide bonds. The van der Waals surface area contributed by atoms with Gasteiger partial charge in [-0.25, -0.2) is 4.79 Å². The molecule has 15 heavy (non-hydrogen) atoms. The molecule has 1 aromatic rings. The van der Waals surface area contributed by atoms with Crippen LogP contribution in [0.2, 0.25) is 0 Å². The first-order chi connectivity index (χ1) is 7.11. The Morgan fingerprint density at radius 2 is 1.93 bits per heavy atom. The minimum absolute atomic E-state index is 0.0438. The number of carbonyl (C=O) groups excluding carboxylic acids is 1. The summed E-state index contributed by atoms with van der Waals surface area (Å²) in [6.45, 7) is 3.76. The van der Waals surface area contributed by atoms with Crippen LogP contribution in [0.3, 0.4) is 0 Å². The topological polar surface area (TPSA) is 46.5 Å². The van der Waals surface area contributed by atoms with Crippen LogP contribution in [-0.2, 0) is 4.74 Å². The van der Waals surface area contributed by atoms with E-state index in [4.69, 9.17) is 4.74 Å². The number of ether oxygens (including phenoxy) is 1. The molecule has 1 aromatic carbocycles. The van der Waals surface area contributed by atoms with Crippen LogP contribution in [0.25, 0.3) is 0 Å².